The highest BCUT2D eigenvalue weighted by Crippen LogP contribution is 2.38. The molecular weight excluding hydrogens is 162 g/mol. The molecule has 2 rings (SSSR count). The Balaban J connectivity index is 1.95. The van der Waals surface area contributed by atoms with Gasteiger partial charge in [-0.25, -0.2) is 0 Å². The summed E-state index contributed by atoms with van der Waals surface area (Å²) in [6, 6.07) is 0. The highest BCUT2D eigenvalue weighted by atomic mass is 16.1. The van der Waals surface area contributed by atoms with E-state index in [1.54, 1.807) is 6.08 Å². The maximum absolute atomic E-state index is 11.6. The minimum atomic E-state index is 0.327. The van der Waals surface area contributed by atoms with E-state index in [1.807, 2.05) is 13.0 Å². The lowest BCUT2D eigenvalue weighted by Gasteiger charge is -2.06. The average molecular weight is 179 g/mol. The molecule has 0 bridgehead atoms. The number of ketones is 1. The van der Waals surface area contributed by atoms with Crippen molar-refractivity contribution in [2.75, 3.05) is 13.1 Å². The number of allylic oxidation sites excluding steroid dienone is 2. The van der Waals surface area contributed by atoms with E-state index in [-0.39, 0.29) is 0 Å². The van der Waals surface area contributed by atoms with Gasteiger partial charge in [-0.05, 0) is 50.8 Å². The number of carbonyl (C=O) groups excluding carboxylic acids is 1. The van der Waals surface area contributed by atoms with E-state index in [2.05, 4.69) is 5.32 Å². The largest absolute Gasteiger partial charge is 0.316 e. The maximum Gasteiger partial charge on any atom is 0.158 e. The van der Waals surface area contributed by atoms with Crippen LogP contribution in [0.5, 0.6) is 0 Å². The van der Waals surface area contributed by atoms with Gasteiger partial charge in [0.2, 0.25) is 0 Å². The SMILES string of the molecule is C/C=C/C(=O)C1C[C@H]2CNC[C@@H]2C1. The first kappa shape index (κ1) is 8.95. The molecule has 1 saturated heterocycles. The zero-order valence-electron chi connectivity index (χ0n) is 8.12. The summed E-state index contributed by atoms with van der Waals surface area (Å²) in [5.74, 6) is 2.23. The van der Waals surface area contributed by atoms with Crippen LogP contribution < -0.4 is 5.32 Å². The number of nitrogens with one attached hydrogen (secondary N) is 1. The molecule has 2 heteroatoms. The van der Waals surface area contributed by atoms with Gasteiger partial charge < -0.3 is 5.32 Å². The van der Waals surface area contributed by atoms with Crippen LogP contribution in [0.1, 0.15) is 19.8 Å². The molecule has 1 aliphatic carbocycles. The second-order valence-electron chi connectivity index (χ2n) is 4.25. The van der Waals surface area contributed by atoms with Crippen molar-refractivity contribution in [2.24, 2.45) is 17.8 Å². The van der Waals surface area contributed by atoms with Crippen molar-refractivity contribution in [2.45, 2.75) is 19.8 Å². The maximum atomic E-state index is 11.6. The van der Waals surface area contributed by atoms with Gasteiger partial charge in [-0.3, -0.25) is 4.79 Å². The van der Waals surface area contributed by atoms with Crippen molar-refractivity contribution in [3.8, 4) is 0 Å². The zero-order valence-corrected chi connectivity index (χ0v) is 8.12. The smallest absolute Gasteiger partial charge is 0.158 e. The molecule has 0 amide bonds. The van der Waals surface area contributed by atoms with Crippen LogP contribution in [0, 0.1) is 17.8 Å². The van der Waals surface area contributed by atoms with Crippen molar-refractivity contribution in [1.82, 2.24) is 5.32 Å². The van der Waals surface area contributed by atoms with E-state index in [1.165, 1.54) is 0 Å². The summed E-state index contributed by atoms with van der Waals surface area (Å²) in [5, 5.41) is 3.39. The van der Waals surface area contributed by atoms with E-state index in [0.29, 0.717) is 11.7 Å². The Hall–Kier alpha value is -0.630. The fourth-order valence-electron chi connectivity index (χ4n) is 2.70. The lowest BCUT2D eigenvalue weighted by Crippen LogP contribution is -2.15. The molecule has 1 aliphatic heterocycles. The second kappa shape index (κ2) is 3.62. The minimum absolute atomic E-state index is 0.327. The Morgan fingerprint density at radius 3 is 2.46 bits per heavy atom. The van der Waals surface area contributed by atoms with Gasteiger partial charge in [0, 0.05) is 5.92 Å². The van der Waals surface area contributed by atoms with Crippen LogP contribution in [-0.4, -0.2) is 18.9 Å². The van der Waals surface area contributed by atoms with Gasteiger partial charge >= 0.3 is 0 Å². The fourth-order valence-corrected chi connectivity index (χ4v) is 2.70. The van der Waals surface area contributed by atoms with Crippen molar-refractivity contribution in [3.05, 3.63) is 12.2 Å². The molecule has 0 aromatic heterocycles. The Morgan fingerprint density at radius 1 is 1.31 bits per heavy atom. The molecule has 2 fully saturated rings. The fraction of sp³-hybridized carbons (Fsp3) is 0.727. The van der Waals surface area contributed by atoms with Crippen LogP contribution in [0.25, 0.3) is 0 Å². The quantitative estimate of drug-likeness (QED) is 0.649. The molecule has 13 heavy (non-hydrogen) atoms. The zero-order chi connectivity index (χ0) is 9.26. The average Bonchev–Trinajstić information content (AvgIpc) is 2.61. The van der Waals surface area contributed by atoms with Crippen LogP contribution in [0.3, 0.4) is 0 Å². The second-order valence-corrected chi connectivity index (χ2v) is 4.25. The molecule has 0 unspecified atom stereocenters. The number of carbonyl (C=O) groups is 1. The third kappa shape index (κ3) is 1.68. The molecular formula is C11H17NO. The topological polar surface area (TPSA) is 29.1 Å². The van der Waals surface area contributed by atoms with Crippen LogP contribution in [0.15, 0.2) is 12.2 Å². The van der Waals surface area contributed by atoms with E-state index in [0.717, 1.165) is 37.8 Å². The van der Waals surface area contributed by atoms with E-state index in [4.69, 9.17) is 0 Å². The van der Waals surface area contributed by atoms with Gasteiger partial charge in [0.05, 0.1) is 0 Å². The third-order valence-corrected chi connectivity index (χ3v) is 3.39. The predicted octanol–water partition coefficient (Wildman–Crippen LogP) is 1.38. The molecule has 0 aromatic rings. The van der Waals surface area contributed by atoms with Crippen LogP contribution in [-0.2, 0) is 4.79 Å². The van der Waals surface area contributed by atoms with Gasteiger partial charge in [0.25, 0.3) is 0 Å². The van der Waals surface area contributed by atoms with Crippen molar-refractivity contribution >= 4 is 5.78 Å². The predicted molar refractivity (Wildman–Crippen MR) is 52.4 cm³/mol. The Morgan fingerprint density at radius 2 is 1.92 bits per heavy atom. The summed E-state index contributed by atoms with van der Waals surface area (Å²) < 4.78 is 0. The summed E-state index contributed by atoms with van der Waals surface area (Å²) in [6.07, 6.45) is 5.81. The summed E-state index contributed by atoms with van der Waals surface area (Å²) in [6.45, 7) is 4.17. The van der Waals surface area contributed by atoms with E-state index >= 15 is 0 Å². The van der Waals surface area contributed by atoms with E-state index < -0.39 is 0 Å². The molecule has 0 aromatic carbocycles. The molecule has 0 radical (unpaired) electrons. The van der Waals surface area contributed by atoms with Gasteiger partial charge in [-0.1, -0.05) is 6.08 Å². The Kier molecular flexibility index (Phi) is 2.49. The standard InChI is InChI=1S/C11H17NO/c1-2-3-11(13)8-4-9-6-12-7-10(9)5-8/h2-3,8-10,12H,4-7H2,1H3/b3-2+/t9-,10-/m0/s1. The molecule has 0 spiro atoms. The van der Waals surface area contributed by atoms with Crippen molar-refractivity contribution < 1.29 is 4.79 Å². The first-order valence-electron chi connectivity index (χ1n) is 5.18. The molecule has 1 N–H and O–H groups in total. The molecule has 72 valence electrons. The number of hydrogen-bond donors (Lipinski definition) is 1. The number of fused-ring (bicyclic) bond motifs is 1. The highest BCUT2D eigenvalue weighted by Gasteiger charge is 2.39. The first-order valence-corrected chi connectivity index (χ1v) is 5.18. The minimum Gasteiger partial charge on any atom is -0.316 e. The monoisotopic (exact) mass is 179 g/mol. The van der Waals surface area contributed by atoms with Gasteiger partial charge in [-0.15, -0.1) is 0 Å². The molecule has 2 nitrogen and oxygen atoms in total. The van der Waals surface area contributed by atoms with Crippen LogP contribution in [0.4, 0.5) is 0 Å². The Bertz CT molecular complexity index is 222. The van der Waals surface area contributed by atoms with E-state index in [9.17, 15) is 4.79 Å². The lowest BCUT2D eigenvalue weighted by atomic mass is 10.0. The van der Waals surface area contributed by atoms with Crippen molar-refractivity contribution in [3.63, 3.8) is 0 Å². The summed E-state index contributed by atoms with van der Waals surface area (Å²) >= 11 is 0. The van der Waals surface area contributed by atoms with Crippen LogP contribution in [0.2, 0.25) is 0 Å². The molecule has 2 aliphatic rings. The van der Waals surface area contributed by atoms with Gasteiger partial charge in [0.15, 0.2) is 5.78 Å². The first-order chi connectivity index (χ1) is 6.31. The normalized spacial score (nSPS) is 34.2. The summed E-state index contributed by atoms with van der Waals surface area (Å²) in [7, 11) is 0. The lowest BCUT2D eigenvalue weighted by molar-refractivity contribution is -0.118. The summed E-state index contributed by atoms with van der Waals surface area (Å²) in [4.78, 5) is 11.6. The molecule has 1 saturated carbocycles. The third-order valence-electron chi connectivity index (χ3n) is 3.39. The Labute approximate surface area is 79.4 Å². The number of hydrogen-bond acceptors (Lipinski definition) is 2. The summed E-state index contributed by atoms with van der Waals surface area (Å²) in [5.41, 5.74) is 0. The number of rotatable bonds is 2. The van der Waals surface area contributed by atoms with Gasteiger partial charge in [0.1, 0.15) is 0 Å². The van der Waals surface area contributed by atoms with Gasteiger partial charge in [-0.2, -0.15) is 0 Å². The highest BCUT2D eigenvalue weighted by molar-refractivity contribution is 5.91. The molecule has 2 atom stereocenters. The van der Waals surface area contributed by atoms with Crippen molar-refractivity contribution in [1.29, 1.82) is 0 Å². The van der Waals surface area contributed by atoms with Crippen LogP contribution >= 0.6 is 0 Å². The molecule has 1 heterocycles.